The zero-order valence-corrected chi connectivity index (χ0v) is 12.4. The van der Waals surface area contributed by atoms with Crippen LogP contribution in [0, 0.1) is 0 Å². The van der Waals surface area contributed by atoms with Crippen LogP contribution in [-0.2, 0) is 0 Å². The standard InChI is InChI=1S/C17H15N3O3/c1-22-14-7-8-15-11(10-14)2-9-16(20-15)23-13-5-3-12(4-6-13)19-17(18)21/h2-10H,1H3,(H3,18,19,21). The normalized spacial score (nSPS) is 10.3. The second kappa shape index (κ2) is 6.23. The van der Waals surface area contributed by atoms with Crippen molar-refractivity contribution in [3.63, 3.8) is 0 Å². The molecular weight excluding hydrogens is 294 g/mol. The lowest BCUT2D eigenvalue weighted by molar-refractivity contribution is 0.259. The van der Waals surface area contributed by atoms with Gasteiger partial charge in [-0.25, -0.2) is 9.78 Å². The first-order chi connectivity index (χ1) is 11.1. The Morgan fingerprint density at radius 1 is 1.04 bits per heavy atom. The molecule has 0 aliphatic heterocycles. The van der Waals surface area contributed by atoms with E-state index in [1.54, 1.807) is 37.4 Å². The molecular formula is C17H15N3O3. The molecule has 6 nitrogen and oxygen atoms in total. The van der Waals surface area contributed by atoms with Crippen LogP contribution < -0.4 is 20.5 Å². The van der Waals surface area contributed by atoms with Gasteiger partial charge >= 0.3 is 6.03 Å². The molecule has 2 aromatic carbocycles. The van der Waals surface area contributed by atoms with Crippen LogP contribution in [0.3, 0.4) is 0 Å². The van der Waals surface area contributed by atoms with Crippen LogP contribution >= 0.6 is 0 Å². The van der Waals surface area contributed by atoms with Crippen molar-refractivity contribution < 1.29 is 14.3 Å². The molecule has 0 aliphatic carbocycles. The monoisotopic (exact) mass is 309 g/mol. The molecule has 0 saturated heterocycles. The van der Waals surface area contributed by atoms with Crippen LogP contribution in [0.1, 0.15) is 0 Å². The Hall–Kier alpha value is -3.28. The van der Waals surface area contributed by atoms with Gasteiger partial charge in [0.2, 0.25) is 5.88 Å². The fraction of sp³-hybridized carbons (Fsp3) is 0.0588. The lowest BCUT2D eigenvalue weighted by Crippen LogP contribution is -2.19. The Bertz CT molecular complexity index is 847. The summed E-state index contributed by atoms with van der Waals surface area (Å²) in [6, 6.07) is 15.6. The molecule has 2 amide bonds. The number of carbonyl (C=O) groups is 1. The van der Waals surface area contributed by atoms with Gasteiger partial charge < -0.3 is 20.5 Å². The number of urea groups is 1. The van der Waals surface area contributed by atoms with Gasteiger partial charge in [0.15, 0.2) is 0 Å². The minimum Gasteiger partial charge on any atom is -0.497 e. The van der Waals surface area contributed by atoms with E-state index in [9.17, 15) is 4.79 Å². The second-order valence-electron chi connectivity index (χ2n) is 4.82. The molecule has 0 unspecified atom stereocenters. The summed E-state index contributed by atoms with van der Waals surface area (Å²) in [4.78, 5) is 15.2. The van der Waals surface area contributed by atoms with E-state index in [4.69, 9.17) is 15.2 Å². The van der Waals surface area contributed by atoms with Crippen molar-refractivity contribution in [1.82, 2.24) is 4.98 Å². The van der Waals surface area contributed by atoms with Crippen LogP contribution in [0.15, 0.2) is 54.6 Å². The molecule has 0 aliphatic rings. The van der Waals surface area contributed by atoms with Gasteiger partial charge in [-0.15, -0.1) is 0 Å². The highest BCUT2D eigenvalue weighted by Gasteiger charge is 2.03. The highest BCUT2D eigenvalue weighted by molar-refractivity contribution is 5.87. The first kappa shape index (κ1) is 14.6. The van der Waals surface area contributed by atoms with E-state index in [1.807, 2.05) is 24.3 Å². The summed E-state index contributed by atoms with van der Waals surface area (Å²) >= 11 is 0. The van der Waals surface area contributed by atoms with Gasteiger partial charge in [-0.3, -0.25) is 0 Å². The molecule has 3 N–H and O–H groups in total. The first-order valence-corrected chi connectivity index (χ1v) is 6.93. The summed E-state index contributed by atoms with van der Waals surface area (Å²) in [5.74, 6) is 1.88. The fourth-order valence-electron chi connectivity index (χ4n) is 2.14. The smallest absolute Gasteiger partial charge is 0.316 e. The first-order valence-electron chi connectivity index (χ1n) is 6.93. The maximum atomic E-state index is 10.8. The number of nitrogens with two attached hydrogens (primary N) is 1. The van der Waals surface area contributed by atoms with Gasteiger partial charge in [0.1, 0.15) is 11.5 Å². The van der Waals surface area contributed by atoms with E-state index >= 15 is 0 Å². The van der Waals surface area contributed by atoms with Crippen molar-refractivity contribution in [1.29, 1.82) is 0 Å². The third-order valence-electron chi connectivity index (χ3n) is 3.22. The van der Waals surface area contributed by atoms with E-state index in [-0.39, 0.29) is 0 Å². The Morgan fingerprint density at radius 2 is 1.78 bits per heavy atom. The minimum atomic E-state index is -0.606. The maximum Gasteiger partial charge on any atom is 0.316 e. The average Bonchev–Trinajstić information content (AvgIpc) is 2.55. The number of aromatic nitrogens is 1. The number of benzene rings is 2. The summed E-state index contributed by atoms with van der Waals surface area (Å²) in [6.07, 6.45) is 0. The number of methoxy groups -OCH3 is 1. The summed E-state index contributed by atoms with van der Waals surface area (Å²) in [6.45, 7) is 0. The number of rotatable bonds is 4. The van der Waals surface area contributed by atoms with Crippen LogP contribution in [-0.4, -0.2) is 18.1 Å². The minimum absolute atomic E-state index is 0.485. The molecule has 0 spiro atoms. The number of fused-ring (bicyclic) bond motifs is 1. The van der Waals surface area contributed by atoms with Crippen molar-refractivity contribution in [2.45, 2.75) is 0 Å². The Kier molecular flexibility index (Phi) is 3.97. The Labute approximate surface area is 132 Å². The number of amides is 2. The number of carbonyl (C=O) groups excluding carboxylic acids is 1. The quantitative estimate of drug-likeness (QED) is 0.772. The number of hydrogen-bond donors (Lipinski definition) is 2. The van der Waals surface area contributed by atoms with E-state index in [0.29, 0.717) is 17.3 Å². The molecule has 3 rings (SSSR count). The molecule has 0 bridgehead atoms. The van der Waals surface area contributed by atoms with Crippen LogP contribution in [0.25, 0.3) is 10.9 Å². The molecule has 23 heavy (non-hydrogen) atoms. The predicted molar refractivity (Wildman–Crippen MR) is 88.0 cm³/mol. The third kappa shape index (κ3) is 3.49. The van der Waals surface area contributed by atoms with Gasteiger partial charge in [-0.05, 0) is 48.5 Å². The molecule has 0 radical (unpaired) electrons. The number of nitrogens with one attached hydrogen (secondary N) is 1. The largest absolute Gasteiger partial charge is 0.497 e. The molecule has 116 valence electrons. The second-order valence-corrected chi connectivity index (χ2v) is 4.82. The van der Waals surface area contributed by atoms with Crippen molar-refractivity contribution in [3.05, 3.63) is 54.6 Å². The van der Waals surface area contributed by atoms with Crippen molar-refractivity contribution in [2.75, 3.05) is 12.4 Å². The van der Waals surface area contributed by atoms with E-state index in [2.05, 4.69) is 10.3 Å². The molecule has 0 atom stereocenters. The van der Waals surface area contributed by atoms with E-state index in [1.165, 1.54) is 0 Å². The zero-order chi connectivity index (χ0) is 16.2. The molecule has 1 aromatic heterocycles. The lowest BCUT2D eigenvalue weighted by Gasteiger charge is -2.08. The molecule has 0 saturated carbocycles. The van der Waals surface area contributed by atoms with Gasteiger partial charge in [-0.1, -0.05) is 0 Å². The van der Waals surface area contributed by atoms with Crippen molar-refractivity contribution in [2.24, 2.45) is 5.73 Å². The van der Waals surface area contributed by atoms with Gasteiger partial charge in [0.25, 0.3) is 0 Å². The summed E-state index contributed by atoms with van der Waals surface area (Å²) in [5, 5.41) is 3.46. The molecule has 0 fully saturated rings. The molecule has 3 aromatic rings. The van der Waals surface area contributed by atoms with Gasteiger partial charge in [-0.2, -0.15) is 0 Å². The topological polar surface area (TPSA) is 86.5 Å². The van der Waals surface area contributed by atoms with Gasteiger partial charge in [0.05, 0.1) is 12.6 Å². The predicted octanol–water partition coefficient (Wildman–Crippen LogP) is 3.53. The third-order valence-corrected chi connectivity index (χ3v) is 3.22. The summed E-state index contributed by atoms with van der Waals surface area (Å²) in [5.41, 5.74) is 6.47. The highest BCUT2D eigenvalue weighted by atomic mass is 16.5. The van der Waals surface area contributed by atoms with Crippen molar-refractivity contribution >= 4 is 22.6 Å². The van der Waals surface area contributed by atoms with Crippen molar-refractivity contribution in [3.8, 4) is 17.4 Å². The number of hydrogen-bond acceptors (Lipinski definition) is 4. The summed E-state index contributed by atoms with van der Waals surface area (Å²) < 4.78 is 10.9. The molecule has 6 heteroatoms. The average molecular weight is 309 g/mol. The SMILES string of the molecule is COc1ccc2nc(Oc3ccc(NC(N)=O)cc3)ccc2c1. The van der Waals surface area contributed by atoms with E-state index in [0.717, 1.165) is 16.7 Å². The van der Waals surface area contributed by atoms with Crippen LogP contribution in [0.2, 0.25) is 0 Å². The Balaban J connectivity index is 1.79. The number of pyridine rings is 1. The number of ether oxygens (including phenoxy) is 2. The van der Waals surface area contributed by atoms with Crippen LogP contribution in [0.4, 0.5) is 10.5 Å². The Morgan fingerprint density at radius 3 is 2.48 bits per heavy atom. The zero-order valence-electron chi connectivity index (χ0n) is 12.4. The number of primary amides is 1. The van der Waals surface area contributed by atoms with Gasteiger partial charge in [0, 0.05) is 17.1 Å². The fourth-order valence-corrected chi connectivity index (χ4v) is 2.14. The maximum absolute atomic E-state index is 10.8. The highest BCUT2D eigenvalue weighted by Crippen LogP contribution is 2.25. The van der Waals surface area contributed by atoms with Crippen LogP contribution in [0.5, 0.6) is 17.4 Å². The summed E-state index contributed by atoms with van der Waals surface area (Å²) in [7, 11) is 1.63. The molecule has 1 heterocycles. The van der Waals surface area contributed by atoms with E-state index < -0.39 is 6.03 Å². The number of anilines is 1. The number of nitrogens with zero attached hydrogens (tertiary/aromatic N) is 1. The lowest BCUT2D eigenvalue weighted by atomic mass is 10.2.